The van der Waals surface area contributed by atoms with Gasteiger partial charge >= 0.3 is 0 Å². The molecule has 0 aliphatic rings. The van der Waals surface area contributed by atoms with Crippen LogP contribution in [0.1, 0.15) is 6.42 Å². The molecule has 0 aliphatic heterocycles. The Kier molecular flexibility index (Phi) is 4.72. The monoisotopic (exact) mass is 131 g/mol. The van der Waals surface area contributed by atoms with Crippen molar-refractivity contribution in [3.05, 3.63) is 0 Å². The van der Waals surface area contributed by atoms with Crippen molar-refractivity contribution in [1.29, 1.82) is 0 Å². The lowest BCUT2D eigenvalue weighted by atomic mass is 10.4. The topological polar surface area (TPSA) is 57.6 Å². The minimum Gasteiger partial charge on any atom is -0.396 e. The van der Waals surface area contributed by atoms with E-state index in [2.05, 4.69) is 0 Å². The predicted octanol–water partition coefficient (Wildman–Crippen LogP) is -1.02. The molecule has 0 aromatic carbocycles. The van der Waals surface area contributed by atoms with Gasteiger partial charge < -0.3 is 5.11 Å². The SMILES string of the molecule is O=CN(C=O)CCCO. The van der Waals surface area contributed by atoms with E-state index in [1.54, 1.807) is 0 Å². The highest BCUT2D eigenvalue weighted by molar-refractivity contribution is 5.68. The molecular formula is C5H9NO3. The van der Waals surface area contributed by atoms with Crippen LogP contribution >= 0.6 is 0 Å². The van der Waals surface area contributed by atoms with Gasteiger partial charge in [-0.15, -0.1) is 0 Å². The van der Waals surface area contributed by atoms with Crippen molar-refractivity contribution in [3.8, 4) is 0 Å². The molecule has 0 spiro atoms. The molecule has 0 aromatic heterocycles. The van der Waals surface area contributed by atoms with Crippen molar-refractivity contribution in [2.45, 2.75) is 6.42 Å². The van der Waals surface area contributed by atoms with Gasteiger partial charge in [-0.25, -0.2) is 0 Å². The Hall–Kier alpha value is -0.900. The van der Waals surface area contributed by atoms with Gasteiger partial charge in [0.1, 0.15) is 0 Å². The van der Waals surface area contributed by atoms with E-state index in [4.69, 9.17) is 5.11 Å². The number of aliphatic hydroxyl groups is 1. The fourth-order valence-corrected chi connectivity index (χ4v) is 0.384. The van der Waals surface area contributed by atoms with E-state index in [0.29, 0.717) is 25.8 Å². The maximum Gasteiger partial charge on any atom is 0.216 e. The lowest BCUT2D eigenvalue weighted by molar-refractivity contribution is -0.129. The van der Waals surface area contributed by atoms with Crippen LogP contribution in [0.15, 0.2) is 0 Å². The van der Waals surface area contributed by atoms with Gasteiger partial charge in [0.2, 0.25) is 12.8 Å². The lowest BCUT2D eigenvalue weighted by Crippen LogP contribution is -2.21. The third-order valence-electron chi connectivity index (χ3n) is 0.845. The summed E-state index contributed by atoms with van der Waals surface area (Å²) in [7, 11) is 0. The molecule has 1 N–H and O–H groups in total. The molecular weight excluding hydrogens is 122 g/mol. The number of nitrogens with zero attached hydrogens (tertiary/aromatic N) is 1. The summed E-state index contributed by atoms with van der Waals surface area (Å²) in [5, 5.41) is 8.25. The van der Waals surface area contributed by atoms with Crippen molar-refractivity contribution in [1.82, 2.24) is 4.90 Å². The van der Waals surface area contributed by atoms with Gasteiger partial charge in [-0.05, 0) is 6.42 Å². The maximum atomic E-state index is 9.85. The third kappa shape index (κ3) is 3.66. The molecule has 4 nitrogen and oxygen atoms in total. The van der Waals surface area contributed by atoms with Crippen molar-refractivity contribution >= 4 is 12.8 Å². The van der Waals surface area contributed by atoms with E-state index in [0.717, 1.165) is 4.90 Å². The van der Waals surface area contributed by atoms with Gasteiger partial charge in [0.25, 0.3) is 0 Å². The van der Waals surface area contributed by atoms with Crippen molar-refractivity contribution < 1.29 is 14.7 Å². The fraction of sp³-hybridized carbons (Fsp3) is 0.600. The Morgan fingerprint density at radius 2 is 1.89 bits per heavy atom. The fourth-order valence-electron chi connectivity index (χ4n) is 0.384. The van der Waals surface area contributed by atoms with Crippen molar-refractivity contribution in [2.24, 2.45) is 0 Å². The Balaban J connectivity index is 3.30. The summed E-state index contributed by atoms with van der Waals surface area (Å²) >= 11 is 0. The van der Waals surface area contributed by atoms with Gasteiger partial charge in [0.15, 0.2) is 0 Å². The Morgan fingerprint density at radius 1 is 1.33 bits per heavy atom. The molecule has 0 saturated heterocycles. The number of amides is 2. The molecule has 0 aromatic rings. The third-order valence-corrected chi connectivity index (χ3v) is 0.845. The van der Waals surface area contributed by atoms with Crippen LogP contribution in [0.5, 0.6) is 0 Å². The molecule has 52 valence electrons. The highest BCUT2D eigenvalue weighted by Gasteiger charge is 1.94. The Bertz CT molecular complexity index is 86.2. The van der Waals surface area contributed by atoms with Crippen LogP contribution in [0.25, 0.3) is 0 Å². The molecule has 0 heterocycles. The van der Waals surface area contributed by atoms with Gasteiger partial charge in [-0.3, -0.25) is 14.5 Å². The second kappa shape index (κ2) is 5.24. The minimum atomic E-state index is -0.00181. The molecule has 0 atom stereocenters. The summed E-state index contributed by atoms with van der Waals surface area (Å²) in [4.78, 5) is 20.7. The number of imide groups is 1. The average molecular weight is 131 g/mol. The average Bonchev–Trinajstić information content (AvgIpc) is 1.91. The summed E-state index contributed by atoms with van der Waals surface area (Å²) < 4.78 is 0. The zero-order chi connectivity index (χ0) is 7.11. The van der Waals surface area contributed by atoms with E-state index in [1.165, 1.54) is 0 Å². The van der Waals surface area contributed by atoms with E-state index in [9.17, 15) is 9.59 Å². The normalized spacial score (nSPS) is 8.56. The summed E-state index contributed by atoms with van der Waals surface area (Å²) in [6.07, 6.45) is 1.31. The first-order valence-corrected chi connectivity index (χ1v) is 2.62. The highest BCUT2D eigenvalue weighted by Crippen LogP contribution is 1.80. The zero-order valence-electron chi connectivity index (χ0n) is 4.99. The second-order valence-corrected chi connectivity index (χ2v) is 1.53. The molecule has 4 heteroatoms. The van der Waals surface area contributed by atoms with Gasteiger partial charge in [-0.1, -0.05) is 0 Å². The number of carbonyl (C=O) groups is 2. The van der Waals surface area contributed by atoms with Crippen LogP contribution in [0.4, 0.5) is 0 Å². The van der Waals surface area contributed by atoms with Crippen LogP contribution in [0.2, 0.25) is 0 Å². The van der Waals surface area contributed by atoms with Crippen molar-refractivity contribution in [3.63, 3.8) is 0 Å². The second-order valence-electron chi connectivity index (χ2n) is 1.53. The summed E-state index contributed by atoms with van der Waals surface area (Å²) in [5.74, 6) is 0. The minimum absolute atomic E-state index is 0.00181. The Labute approximate surface area is 53.1 Å². The van der Waals surface area contributed by atoms with Crippen LogP contribution < -0.4 is 0 Å². The maximum absolute atomic E-state index is 9.85. The first-order chi connectivity index (χ1) is 4.35. The van der Waals surface area contributed by atoms with Crippen LogP contribution in [0.3, 0.4) is 0 Å². The number of hydrogen-bond donors (Lipinski definition) is 1. The number of carbonyl (C=O) groups excluding carboxylic acids is 2. The molecule has 2 amide bonds. The first kappa shape index (κ1) is 8.10. The van der Waals surface area contributed by atoms with E-state index in [1.807, 2.05) is 0 Å². The molecule has 0 unspecified atom stereocenters. The zero-order valence-corrected chi connectivity index (χ0v) is 4.99. The van der Waals surface area contributed by atoms with Crippen molar-refractivity contribution in [2.75, 3.05) is 13.2 Å². The van der Waals surface area contributed by atoms with E-state index >= 15 is 0 Å². The predicted molar refractivity (Wildman–Crippen MR) is 30.5 cm³/mol. The highest BCUT2D eigenvalue weighted by atomic mass is 16.3. The van der Waals surface area contributed by atoms with Crippen LogP contribution in [0, 0.1) is 0 Å². The summed E-state index contributed by atoms with van der Waals surface area (Å²) in [6, 6.07) is 0. The molecule has 9 heavy (non-hydrogen) atoms. The molecule has 0 saturated carbocycles. The van der Waals surface area contributed by atoms with Gasteiger partial charge in [0, 0.05) is 13.2 Å². The smallest absolute Gasteiger partial charge is 0.216 e. The molecule has 0 fully saturated rings. The molecule has 0 bridgehead atoms. The quantitative estimate of drug-likeness (QED) is 0.486. The largest absolute Gasteiger partial charge is 0.396 e. The van der Waals surface area contributed by atoms with E-state index in [-0.39, 0.29) is 6.61 Å². The van der Waals surface area contributed by atoms with Gasteiger partial charge in [-0.2, -0.15) is 0 Å². The number of rotatable bonds is 5. The number of aliphatic hydroxyl groups excluding tert-OH is 1. The summed E-state index contributed by atoms with van der Waals surface area (Å²) in [6.45, 7) is 0.293. The molecule has 0 aliphatic carbocycles. The Morgan fingerprint density at radius 3 is 2.22 bits per heavy atom. The van der Waals surface area contributed by atoms with Crippen LogP contribution in [-0.4, -0.2) is 36.0 Å². The van der Waals surface area contributed by atoms with Crippen LogP contribution in [-0.2, 0) is 9.59 Å². The standard InChI is InChI=1S/C5H9NO3/c7-3-1-2-6(4-8)5-9/h4-5,7H,1-3H2. The molecule has 0 radical (unpaired) electrons. The first-order valence-electron chi connectivity index (χ1n) is 2.62. The number of hydrogen-bond acceptors (Lipinski definition) is 3. The molecule has 0 rings (SSSR count). The lowest BCUT2D eigenvalue weighted by Gasteiger charge is -2.04. The van der Waals surface area contributed by atoms with E-state index < -0.39 is 0 Å². The van der Waals surface area contributed by atoms with Gasteiger partial charge in [0.05, 0.1) is 0 Å². The summed E-state index contributed by atoms with van der Waals surface area (Å²) in [5.41, 5.74) is 0.